The number of hydrogen-bond acceptors (Lipinski definition) is 4. The molecule has 0 aromatic carbocycles. The van der Waals surface area contributed by atoms with Crippen LogP contribution in [0, 0.1) is 0 Å². The molecule has 0 fully saturated rings. The Bertz CT molecular complexity index is 360. The number of unbranched alkanes of at least 4 members (excludes halogenated alkanes) is 9. The van der Waals surface area contributed by atoms with Crippen molar-refractivity contribution in [3.63, 3.8) is 0 Å². The zero-order valence-corrected chi connectivity index (χ0v) is 20.1. The summed E-state index contributed by atoms with van der Waals surface area (Å²) in [4.78, 5) is 23.2. The predicted molar refractivity (Wildman–Crippen MR) is 114 cm³/mol. The molecule has 6 heteroatoms. The lowest BCUT2D eigenvalue weighted by Crippen LogP contribution is -2.29. The molecule has 0 spiro atoms. The van der Waals surface area contributed by atoms with E-state index >= 15 is 0 Å². The van der Waals surface area contributed by atoms with Gasteiger partial charge in [0.05, 0.1) is 0 Å². The standard InChI is InChI=1S/C20H42O4Si2/c1-25(2,3)23-19(21)17-15-13-11-9-7-8-10-12-14-16-18-20(22)24-26(4,5)6/h7-18H2,1-6H3. The van der Waals surface area contributed by atoms with E-state index in [1.54, 1.807) is 0 Å². The molecule has 0 saturated carbocycles. The summed E-state index contributed by atoms with van der Waals surface area (Å²) in [5.41, 5.74) is 0. The van der Waals surface area contributed by atoms with Crippen LogP contribution in [0.1, 0.15) is 77.0 Å². The molecule has 0 aromatic heterocycles. The topological polar surface area (TPSA) is 52.6 Å². The molecule has 0 aromatic rings. The molecule has 4 nitrogen and oxygen atoms in total. The van der Waals surface area contributed by atoms with Crippen LogP contribution >= 0.6 is 0 Å². The second-order valence-corrected chi connectivity index (χ2v) is 18.1. The summed E-state index contributed by atoms with van der Waals surface area (Å²) in [6.45, 7) is 12.3. The molecule has 0 bridgehead atoms. The van der Waals surface area contributed by atoms with E-state index in [1.165, 1.54) is 38.5 Å². The fourth-order valence-corrected chi connectivity index (χ4v) is 4.31. The Morgan fingerprint density at radius 1 is 0.500 bits per heavy atom. The van der Waals surface area contributed by atoms with Gasteiger partial charge in [-0.2, -0.15) is 0 Å². The highest BCUT2D eigenvalue weighted by Gasteiger charge is 2.20. The molecule has 0 heterocycles. The third kappa shape index (κ3) is 19.7. The fraction of sp³-hybridized carbons (Fsp3) is 0.900. The Balaban J connectivity index is 3.32. The van der Waals surface area contributed by atoms with Crippen LogP contribution in [0.25, 0.3) is 0 Å². The van der Waals surface area contributed by atoms with Gasteiger partial charge in [0, 0.05) is 12.8 Å². The minimum atomic E-state index is -1.71. The van der Waals surface area contributed by atoms with Crippen LogP contribution in [-0.4, -0.2) is 28.6 Å². The number of rotatable bonds is 15. The fourth-order valence-electron chi connectivity index (χ4n) is 2.74. The van der Waals surface area contributed by atoms with Crippen LogP contribution in [-0.2, 0) is 18.4 Å². The molecular weight excluding hydrogens is 360 g/mol. The van der Waals surface area contributed by atoms with Crippen LogP contribution < -0.4 is 0 Å². The first-order valence-electron chi connectivity index (χ1n) is 10.4. The van der Waals surface area contributed by atoms with Gasteiger partial charge in [0.15, 0.2) is 0 Å². The predicted octanol–water partition coefficient (Wildman–Crippen LogP) is 6.42. The summed E-state index contributed by atoms with van der Waals surface area (Å²) in [7, 11) is -3.42. The van der Waals surface area contributed by atoms with E-state index in [9.17, 15) is 9.59 Å². The van der Waals surface area contributed by atoms with Gasteiger partial charge in [-0.3, -0.25) is 9.59 Å². The zero-order chi connectivity index (χ0) is 20.1. The van der Waals surface area contributed by atoms with E-state index in [4.69, 9.17) is 8.85 Å². The third-order valence-electron chi connectivity index (χ3n) is 3.85. The van der Waals surface area contributed by atoms with E-state index in [-0.39, 0.29) is 11.9 Å². The maximum absolute atomic E-state index is 11.6. The highest BCUT2D eigenvalue weighted by Crippen LogP contribution is 2.14. The molecule has 26 heavy (non-hydrogen) atoms. The minimum absolute atomic E-state index is 0.0158. The van der Waals surface area contributed by atoms with Gasteiger partial charge in [0.25, 0.3) is 11.9 Å². The van der Waals surface area contributed by atoms with Crippen LogP contribution in [0.2, 0.25) is 39.3 Å². The van der Waals surface area contributed by atoms with Gasteiger partial charge in [-0.1, -0.05) is 51.4 Å². The largest absolute Gasteiger partial charge is 0.520 e. The third-order valence-corrected chi connectivity index (χ3v) is 5.53. The second kappa shape index (κ2) is 13.5. The summed E-state index contributed by atoms with van der Waals surface area (Å²) in [5.74, 6) is -0.0317. The summed E-state index contributed by atoms with van der Waals surface area (Å²) in [6.07, 6.45) is 12.8. The molecule has 0 aliphatic heterocycles. The van der Waals surface area contributed by atoms with Crippen molar-refractivity contribution in [1.29, 1.82) is 0 Å². The van der Waals surface area contributed by atoms with Crippen molar-refractivity contribution in [3.05, 3.63) is 0 Å². The lowest BCUT2D eigenvalue weighted by Gasteiger charge is -2.17. The van der Waals surface area contributed by atoms with E-state index in [1.807, 2.05) is 39.3 Å². The summed E-state index contributed by atoms with van der Waals surface area (Å²) in [6, 6.07) is 0. The maximum atomic E-state index is 11.6. The molecule has 0 aliphatic rings. The van der Waals surface area contributed by atoms with Crippen LogP contribution in [0.4, 0.5) is 0 Å². The Labute approximate surface area is 163 Å². The molecule has 0 radical (unpaired) electrons. The molecule has 0 saturated heterocycles. The first-order valence-corrected chi connectivity index (χ1v) is 17.2. The lowest BCUT2D eigenvalue weighted by atomic mass is 10.1. The van der Waals surface area contributed by atoms with E-state index in [0.717, 1.165) is 25.7 Å². The Morgan fingerprint density at radius 2 is 0.731 bits per heavy atom. The minimum Gasteiger partial charge on any atom is -0.520 e. The monoisotopic (exact) mass is 402 g/mol. The van der Waals surface area contributed by atoms with Gasteiger partial charge in [0.2, 0.25) is 16.6 Å². The molecular formula is C20H42O4Si2. The average Bonchev–Trinajstić information content (AvgIpc) is 2.44. The van der Waals surface area contributed by atoms with Crippen LogP contribution in [0.5, 0.6) is 0 Å². The number of carbonyl (C=O) groups is 2. The van der Waals surface area contributed by atoms with Crippen molar-refractivity contribution in [1.82, 2.24) is 0 Å². The number of hydrogen-bond donors (Lipinski definition) is 0. The highest BCUT2D eigenvalue weighted by molar-refractivity contribution is 6.71. The Kier molecular flexibility index (Phi) is 13.2. The smallest absolute Gasteiger partial charge is 0.292 e. The van der Waals surface area contributed by atoms with Gasteiger partial charge < -0.3 is 8.85 Å². The Morgan fingerprint density at radius 3 is 0.962 bits per heavy atom. The lowest BCUT2D eigenvalue weighted by molar-refractivity contribution is -0.136. The normalized spacial score (nSPS) is 12.1. The van der Waals surface area contributed by atoms with Crippen LogP contribution in [0.3, 0.4) is 0 Å². The Hall–Kier alpha value is -0.626. The highest BCUT2D eigenvalue weighted by atomic mass is 28.4. The van der Waals surface area contributed by atoms with E-state index in [2.05, 4.69) is 0 Å². The zero-order valence-electron chi connectivity index (χ0n) is 18.1. The van der Waals surface area contributed by atoms with Crippen molar-refractivity contribution >= 4 is 28.6 Å². The molecule has 0 N–H and O–H groups in total. The van der Waals surface area contributed by atoms with Crippen molar-refractivity contribution in [2.45, 2.75) is 116 Å². The van der Waals surface area contributed by atoms with E-state index in [0.29, 0.717) is 12.8 Å². The van der Waals surface area contributed by atoms with Gasteiger partial charge in [-0.15, -0.1) is 0 Å². The summed E-state index contributed by atoms with van der Waals surface area (Å²) in [5, 5.41) is 0. The molecule has 0 unspecified atom stereocenters. The van der Waals surface area contributed by atoms with Crippen molar-refractivity contribution < 1.29 is 18.4 Å². The first-order chi connectivity index (χ1) is 12.0. The van der Waals surface area contributed by atoms with Crippen molar-refractivity contribution in [2.24, 2.45) is 0 Å². The van der Waals surface area contributed by atoms with Crippen LogP contribution in [0.15, 0.2) is 0 Å². The summed E-state index contributed by atoms with van der Waals surface area (Å²) >= 11 is 0. The van der Waals surface area contributed by atoms with Gasteiger partial charge in [-0.05, 0) is 52.1 Å². The molecule has 0 aliphatic carbocycles. The summed E-state index contributed by atoms with van der Waals surface area (Å²) < 4.78 is 10.9. The van der Waals surface area contributed by atoms with E-state index < -0.39 is 16.6 Å². The molecule has 0 amide bonds. The van der Waals surface area contributed by atoms with Crippen molar-refractivity contribution in [2.75, 3.05) is 0 Å². The second-order valence-electron chi connectivity index (χ2n) is 9.21. The SMILES string of the molecule is C[Si](C)(C)OC(=O)CCCCCCCCCCCCC(=O)O[Si](C)(C)C. The number of carbonyl (C=O) groups excluding carboxylic acids is 2. The van der Waals surface area contributed by atoms with Crippen molar-refractivity contribution in [3.8, 4) is 0 Å². The first kappa shape index (κ1) is 25.4. The maximum Gasteiger partial charge on any atom is 0.292 e. The van der Waals surface area contributed by atoms with Gasteiger partial charge in [0.1, 0.15) is 0 Å². The van der Waals surface area contributed by atoms with Gasteiger partial charge >= 0.3 is 0 Å². The molecule has 154 valence electrons. The van der Waals surface area contributed by atoms with Gasteiger partial charge in [-0.25, -0.2) is 0 Å². The molecule has 0 atom stereocenters. The quantitative estimate of drug-likeness (QED) is 0.234. The average molecular weight is 403 g/mol. The molecule has 0 rings (SSSR count).